The molecule has 2 amide bonds. The van der Waals surface area contributed by atoms with Crippen molar-refractivity contribution in [2.75, 3.05) is 13.2 Å². The van der Waals surface area contributed by atoms with Crippen LogP contribution < -0.4 is 20.3 Å². The number of aryl methyl sites for hydroxylation is 1. The molecule has 156 valence electrons. The zero-order chi connectivity index (χ0) is 21.4. The van der Waals surface area contributed by atoms with E-state index >= 15 is 0 Å². The maximum Gasteiger partial charge on any atom is 0.276 e. The third-order valence-electron chi connectivity index (χ3n) is 4.41. The van der Waals surface area contributed by atoms with E-state index in [1.165, 1.54) is 5.56 Å². The van der Waals surface area contributed by atoms with Crippen LogP contribution in [0.1, 0.15) is 56.2 Å². The van der Waals surface area contributed by atoms with Gasteiger partial charge in [0.05, 0.1) is 0 Å². The molecule has 2 rings (SSSR count). The Bertz CT molecular complexity index is 829. The number of amides is 2. The Morgan fingerprint density at radius 2 is 1.41 bits per heavy atom. The molecule has 0 unspecified atom stereocenters. The summed E-state index contributed by atoms with van der Waals surface area (Å²) in [5.41, 5.74) is 7.94. The van der Waals surface area contributed by atoms with Gasteiger partial charge in [0.1, 0.15) is 11.5 Å². The number of benzene rings is 2. The Hall–Kier alpha value is -3.02. The lowest BCUT2D eigenvalue weighted by Gasteiger charge is -2.15. The third kappa shape index (κ3) is 7.14. The molecule has 0 aliphatic heterocycles. The predicted molar refractivity (Wildman–Crippen MR) is 113 cm³/mol. The number of hydrogen-bond donors (Lipinski definition) is 2. The van der Waals surface area contributed by atoms with E-state index in [4.69, 9.17) is 9.47 Å². The number of carbonyl (C=O) groups excluding carboxylic acids is 2. The van der Waals surface area contributed by atoms with Gasteiger partial charge in [-0.3, -0.25) is 20.4 Å². The zero-order valence-corrected chi connectivity index (χ0v) is 17.7. The van der Waals surface area contributed by atoms with E-state index in [1.54, 1.807) is 0 Å². The lowest BCUT2D eigenvalue weighted by Crippen LogP contribution is -2.45. The second kappa shape index (κ2) is 10.5. The van der Waals surface area contributed by atoms with Gasteiger partial charge in [-0.25, -0.2) is 0 Å². The summed E-state index contributed by atoms with van der Waals surface area (Å²) in [5, 5.41) is 0. The summed E-state index contributed by atoms with van der Waals surface area (Å²) in [6.07, 6.45) is 0. The highest BCUT2D eigenvalue weighted by atomic mass is 16.5. The molecule has 0 aliphatic carbocycles. The summed E-state index contributed by atoms with van der Waals surface area (Å²) < 4.78 is 11.1. The van der Waals surface area contributed by atoms with Crippen LogP contribution in [0.25, 0.3) is 0 Å². The molecule has 0 bridgehead atoms. The molecule has 0 saturated carbocycles. The summed E-state index contributed by atoms with van der Waals surface area (Å²) in [6, 6.07) is 13.5. The van der Waals surface area contributed by atoms with Gasteiger partial charge in [0.2, 0.25) is 0 Å². The van der Waals surface area contributed by atoms with Gasteiger partial charge in [0, 0.05) is 0 Å². The van der Waals surface area contributed by atoms with Crippen LogP contribution in [-0.4, -0.2) is 25.0 Å². The first kappa shape index (κ1) is 22.3. The van der Waals surface area contributed by atoms with E-state index in [1.807, 2.05) is 49.4 Å². The molecule has 0 aromatic heterocycles. The predicted octanol–water partition coefficient (Wildman–Crippen LogP) is 3.85. The molecule has 2 N–H and O–H groups in total. The van der Waals surface area contributed by atoms with Crippen molar-refractivity contribution in [3.8, 4) is 11.5 Å². The topological polar surface area (TPSA) is 76.7 Å². The minimum atomic E-state index is -0.454. The smallest absolute Gasteiger partial charge is 0.276 e. The van der Waals surface area contributed by atoms with Crippen LogP contribution in [0.4, 0.5) is 0 Å². The molecule has 0 spiro atoms. The molecule has 0 saturated heterocycles. The molecule has 2 aromatic carbocycles. The van der Waals surface area contributed by atoms with Crippen molar-refractivity contribution in [3.05, 3.63) is 59.2 Å². The Balaban J connectivity index is 1.75. The van der Waals surface area contributed by atoms with Crippen molar-refractivity contribution in [2.24, 2.45) is 0 Å². The van der Waals surface area contributed by atoms with Gasteiger partial charge in [-0.2, -0.15) is 0 Å². The highest BCUT2D eigenvalue weighted by molar-refractivity contribution is 5.83. The number of carbonyl (C=O) groups is 2. The molecular formula is C23H30N2O4. The van der Waals surface area contributed by atoms with Crippen LogP contribution in [-0.2, 0) is 9.59 Å². The minimum absolute atomic E-state index is 0.193. The molecule has 0 fully saturated rings. The van der Waals surface area contributed by atoms with Crippen molar-refractivity contribution in [3.63, 3.8) is 0 Å². The van der Waals surface area contributed by atoms with Crippen LogP contribution in [0.5, 0.6) is 11.5 Å². The van der Waals surface area contributed by atoms with Gasteiger partial charge in [-0.15, -0.1) is 0 Å². The first-order valence-electron chi connectivity index (χ1n) is 9.80. The van der Waals surface area contributed by atoms with Crippen LogP contribution in [0, 0.1) is 6.92 Å². The maximum atomic E-state index is 12.0. The van der Waals surface area contributed by atoms with Crippen LogP contribution >= 0.6 is 0 Å². The summed E-state index contributed by atoms with van der Waals surface area (Å²) in [6.45, 7) is 9.92. The lowest BCUT2D eigenvalue weighted by molar-refractivity contribution is -0.131. The number of hydrazine groups is 1. The normalized spacial score (nSPS) is 10.7. The summed E-state index contributed by atoms with van der Waals surface area (Å²) in [7, 11) is 0. The standard InChI is InChI=1S/C23H30N2O4/c1-15(2)18-7-9-19(10-8-18)28-13-22(26)24-25-23(27)14-29-21-12-17(5)6-11-20(21)16(3)4/h6-12,15-16H,13-14H2,1-5H3,(H,24,26)(H,25,27). The highest BCUT2D eigenvalue weighted by Crippen LogP contribution is 2.27. The monoisotopic (exact) mass is 398 g/mol. The highest BCUT2D eigenvalue weighted by Gasteiger charge is 2.11. The molecule has 2 aromatic rings. The van der Waals surface area contributed by atoms with Crippen molar-refractivity contribution in [1.82, 2.24) is 10.9 Å². The Morgan fingerprint density at radius 3 is 1.97 bits per heavy atom. The molecule has 6 nitrogen and oxygen atoms in total. The number of rotatable bonds is 8. The van der Waals surface area contributed by atoms with Crippen LogP contribution in [0.2, 0.25) is 0 Å². The Labute approximate surface area is 172 Å². The molecule has 0 heterocycles. The minimum Gasteiger partial charge on any atom is -0.484 e. The summed E-state index contributed by atoms with van der Waals surface area (Å²) in [4.78, 5) is 23.8. The maximum absolute atomic E-state index is 12.0. The first-order chi connectivity index (χ1) is 13.8. The Kier molecular flexibility index (Phi) is 8.07. The van der Waals surface area contributed by atoms with E-state index in [-0.39, 0.29) is 19.1 Å². The fraction of sp³-hybridized carbons (Fsp3) is 0.391. The summed E-state index contributed by atoms with van der Waals surface area (Å²) in [5.74, 6) is 1.08. The average molecular weight is 399 g/mol. The quantitative estimate of drug-likeness (QED) is 0.662. The van der Waals surface area contributed by atoms with E-state index in [0.29, 0.717) is 17.4 Å². The second-order valence-electron chi connectivity index (χ2n) is 7.59. The number of nitrogens with one attached hydrogen (secondary N) is 2. The number of hydrogen-bond acceptors (Lipinski definition) is 4. The van der Waals surface area contributed by atoms with Crippen LogP contribution in [0.15, 0.2) is 42.5 Å². The fourth-order valence-corrected chi connectivity index (χ4v) is 2.70. The summed E-state index contributed by atoms with van der Waals surface area (Å²) >= 11 is 0. The average Bonchev–Trinajstić information content (AvgIpc) is 2.69. The van der Waals surface area contributed by atoms with E-state index in [2.05, 4.69) is 38.5 Å². The molecule has 29 heavy (non-hydrogen) atoms. The van der Waals surface area contributed by atoms with Gasteiger partial charge < -0.3 is 9.47 Å². The van der Waals surface area contributed by atoms with Crippen molar-refractivity contribution in [2.45, 2.75) is 46.5 Å². The number of ether oxygens (including phenoxy) is 2. The second-order valence-corrected chi connectivity index (χ2v) is 7.59. The van der Waals surface area contributed by atoms with Crippen LogP contribution in [0.3, 0.4) is 0 Å². The zero-order valence-electron chi connectivity index (χ0n) is 17.7. The van der Waals surface area contributed by atoms with Gasteiger partial charge >= 0.3 is 0 Å². The largest absolute Gasteiger partial charge is 0.484 e. The molecule has 0 aliphatic rings. The SMILES string of the molecule is Cc1ccc(C(C)C)c(OCC(=O)NNC(=O)COc2ccc(C(C)C)cc2)c1. The Morgan fingerprint density at radius 1 is 0.828 bits per heavy atom. The van der Waals surface area contributed by atoms with Crippen molar-refractivity contribution in [1.29, 1.82) is 0 Å². The molecule has 0 radical (unpaired) electrons. The van der Waals surface area contributed by atoms with Gasteiger partial charge in [0.25, 0.3) is 11.8 Å². The van der Waals surface area contributed by atoms with Crippen molar-refractivity contribution >= 4 is 11.8 Å². The first-order valence-corrected chi connectivity index (χ1v) is 9.80. The lowest BCUT2D eigenvalue weighted by atomic mass is 10.0. The molecule has 0 atom stereocenters. The van der Waals surface area contributed by atoms with Gasteiger partial charge in [0.15, 0.2) is 13.2 Å². The van der Waals surface area contributed by atoms with E-state index in [9.17, 15) is 9.59 Å². The van der Waals surface area contributed by atoms with Gasteiger partial charge in [-0.05, 0) is 53.6 Å². The van der Waals surface area contributed by atoms with E-state index in [0.717, 1.165) is 11.1 Å². The van der Waals surface area contributed by atoms with Gasteiger partial charge in [-0.1, -0.05) is 52.0 Å². The third-order valence-corrected chi connectivity index (χ3v) is 4.41. The fourth-order valence-electron chi connectivity index (χ4n) is 2.70. The molecule has 6 heteroatoms. The molecular weight excluding hydrogens is 368 g/mol. The van der Waals surface area contributed by atoms with Crippen molar-refractivity contribution < 1.29 is 19.1 Å². The van der Waals surface area contributed by atoms with E-state index < -0.39 is 11.8 Å².